The van der Waals surface area contributed by atoms with Crippen molar-refractivity contribution in [3.05, 3.63) is 0 Å². The average Bonchev–Trinajstić information content (AvgIpc) is 2.14. The van der Waals surface area contributed by atoms with E-state index in [-0.39, 0.29) is 5.97 Å². The summed E-state index contributed by atoms with van der Waals surface area (Å²) in [7, 11) is 0. The normalized spacial score (nSPS) is 22.7. The molecule has 1 heterocycles. The van der Waals surface area contributed by atoms with Crippen LogP contribution in [0.2, 0.25) is 0 Å². The zero-order valence-corrected chi connectivity index (χ0v) is 8.77. The highest BCUT2D eigenvalue weighted by molar-refractivity contribution is 7.99. The summed E-state index contributed by atoms with van der Waals surface area (Å²) in [4.78, 5) is 10.4. The molecule has 1 unspecified atom stereocenters. The molecule has 0 bridgehead atoms. The van der Waals surface area contributed by atoms with Crippen LogP contribution in [-0.4, -0.2) is 30.4 Å². The number of carbonyl (C=O) groups excluding carboxylic acids is 1. The van der Waals surface area contributed by atoms with Gasteiger partial charge in [-0.25, -0.2) is 0 Å². The zero-order chi connectivity index (χ0) is 9.52. The molecule has 1 rings (SSSR count). The lowest BCUT2D eigenvalue weighted by molar-refractivity contribution is -0.140. The molecule has 0 spiro atoms. The molecule has 1 aliphatic heterocycles. The first kappa shape index (κ1) is 10.9. The second-order valence-corrected chi connectivity index (χ2v) is 4.27. The highest BCUT2D eigenvalue weighted by atomic mass is 32.2. The first-order valence-electron chi connectivity index (χ1n) is 4.65. The molecule has 0 saturated carbocycles. The number of hydrogen-bond donors (Lipinski definition) is 0. The maximum Gasteiger partial charge on any atom is 0.302 e. The summed E-state index contributed by atoms with van der Waals surface area (Å²) in [6.07, 6.45) is 3.57. The Kier molecular flexibility index (Phi) is 5.23. The van der Waals surface area contributed by atoms with Crippen LogP contribution < -0.4 is 0 Å². The molecule has 76 valence electrons. The van der Waals surface area contributed by atoms with Crippen LogP contribution in [-0.2, 0) is 14.3 Å². The maximum absolute atomic E-state index is 10.4. The Morgan fingerprint density at radius 1 is 1.62 bits per heavy atom. The molecule has 0 N–H and O–H groups in total. The van der Waals surface area contributed by atoms with E-state index in [4.69, 9.17) is 9.47 Å². The number of hydrogen-bond acceptors (Lipinski definition) is 4. The van der Waals surface area contributed by atoms with Gasteiger partial charge in [0.25, 0.3) is 0 Å². The molecule has 1 aliphatic rings. The van der Waals surface area contributed by atoms with Crippen molar-refractivity contribution in [2.24, 2.45) is 0 Å². The number of carbonyl (C=O) groups is 1. The van der Waals surface area contributed by atoms with Gasteiger partial charge in [-0.1, -0.05) is 0 Å². The van der Waals surface area contributed by atoms with Crippen LogP contribution in [0.1, 0.15) is 26.2 Å². The lowest BCUT2D eigenvalue weighted by Crippen LogP contribution is -2.16. The summed E-state index contributed by atoms with van der Waals surface area (Å²) >= 11 is 1.74. The van der Waals surface area contributed by atoms with Crippen molar-refractivity contribution < 1.29 is 14.3 Å². The van der Waals surface area contributed by atoms with Gasteiger partial charge in [0.15, 0.2) is 0 Å². The summed E-state index contributed by atoms with van der Waals surface area (Å²) in [5, 5.41) is 0. The van der Waals surface area contributed by atoms with Crippen molar-refractivity contribution in [3.8, 4) is 0 Å². The van der Waals surface area contributed by atoms with Crippen molar-refractivity contribution in [1.29, 1.82) is 0 Å². The standard InChI is InChI=1S/C9H16O3S/c1-8(10)11-6-7-13-9-4-2-3-5-12-9/h9H,2-7H2,1H3. The Bertz CT molecular complexity index is 155. The average molecular weight is 204 g/mol. The Hall–Kier alpha value is -0.220. The van der Waals surface area contributed by atoms with Crippen LogP contribution in [0.25, 0.3) is 0 Å². The molecule has 1 saturated heterocycles. The van der Waals surface area contributed by atoms with Gasteiger partial charge in [-0.05, 0) is 19.3 Å². The summed E-state index contributed by atoms with van der Waals surface area (Å²) < 4.78 is 10.3. The molecule has 0 radical (unpaired) electrons. The van der Waals surface area contributed by atoms with E-state index >= 15 is 0 Å². The van der Waals surface area contributed by atoms with E-state index in [9.17, 15) is 4.79 Å². The molecule has 3 nitrogen and oxygen atoms in total. The van der Waals surface area contributed by atoms with E-state index in [1.165, 1.54) is 19.8 Å². The molecular formula is C9H16O3S. The second-order valence-electron chi connectivity index (χ2n) is 3.01. The quantitative estimate of drug-likeness (QED) is 0.517. The first-order valence-corrected chi connectivity index (χ1v) is 5.70. The summed E-state index contributed by atoms with van der Waals surface area (Å²) in [6, 6.07) is 0. The van der Waals surface area contributed by atoms with Crippen molar-refractivity contribution in [1.82, 2.24) is 0 Å². The fraction of sp³-hybridized carbons (Fsp3) is 0.889. The van der Waals surface area contributed by atoms with Crippen LogP contribution in [0, 0.1) is 0 Å². The van der Waals surface area contributed by atoms with Crippen LogP contribution in [0.3, 0.4) is 0 Å². The molecule has 1 fully saturated rings. The van der Waals surface area contributed by atoms with Crippen LogP contribution in [0.5, 0.6) is 0 Å². The third-order valence-corrected chi connectivity index (χ3v) is 2.98. The number of esters is 1. The van der Waals surface area contributed by atoms with Gasteiger partial charge in [-0.15, -0.1) is 11.8 Å². The SMILES string of the molecule is CC(=O)OCCSC1CCCCO1. The summed E-state index contributed by atoms with van der Waals surface area (Å²) in [5.41, 5.74) is 0.323. The molecule has 0 aliphatic carbocycles. The van der Waals surface area contributed by atoms with Crippen molar-refractivity contribution >= 4 is 17.7 Å². The Morgan fingerprint density at radius 2 is 2.46 bits per heavy atom. The Morgan fingerprint density at radius 3 is 3.08 bits per heavy atom. The highest BCUT2D eigenvalue weighted by Crippen LogP contribution is 2.22. The van der Waals surface area contributed by atoms with Gasteiger partial charge in [-0.3, -0.25) is 4.79 Å². The Labute approximate surface area is 83.2 Å². The fourth-order valence-corrected chi connectivity index (χ4v) is 2.18. The van der Waals surface area contributed by atoms with Crippen LogP contribution in [0.4, 0.5) is 0 Å². The van der Waals surface area contributed by atoms with Gasteiger partial charge in [0.1, 0.15) is 12.0 Å². The van der Waals surface area contributed by atoms with E-state index in [0.29, 0.717) is 12.0 Å². The third-order valence-electron chi connectivity index (χ3n) is 1.83. The number of ether oxygens (including phenoxy) is 2. The molecule has 1 atom stereocenters. The minimum atomic E-state index is -0.204. The van der Waals surface area contributed by atoms with Gasteiger partial charge in [-0.2, -0.15) is 0 Å². The third kappa shape index (κ3) is 5.16. The topological polar surface area (TPSA) is 35.5 Å². The van der Waals surface area contributed by atoms with E-state index < -0.39 is 0 Å². The van der Waals surface area contributed by atoms with Gasteiger partial charge in [0.2, 0.25) is 0 Å². The molecule has 4 heteroatoms. The molecule has 0 amide bonds. The lowest BCUT2D eigenvalue weighted by atomic mass is 10.2. The van der Waals surface area contributed by atoms with Gasteiger partial charge in [0.05, 0.1) is 0 Å². The van der Waals surface area contributed by atoms with E-state index in [1.807, 2.05) is 0 Å². The van der Waals surface area contributed by atoms with Crippen molar-refractivity contribution in [3.63, 3.8) is 0 Å². The minimum Gasteiger partial charge on any atom is -0.465 e. The van der Waals surface area contributed by atoms with Gasteiger partial charge in [0, 0.05) is 19.3 Å². The number of rotatable bonds is 4. The van der Waals surface area contributed by atoms with Gasteiger partial charge >= 0.3 is 5.97 Å². The first-order chi connectivity index (χ1) is 6.29. The van der Waals surface area contributed by atoms with Crippen LogP contribution in [0.15, 0.2) is 0 Å². The van der Waals surface area contributed by atoms with E-state index in [0.717, 1.165) is 18.8 Å². The Balaban J connectivity index is 1.95. The van der Waals surface area contributed by atoms with Crippen molar-refractivity contribution in [2.75, 3.05) is 19.0 Å². The largest absolute Gasteiger partial charge is 0.465 e. The predicted molar refractivity (Wildman–Crippen MR) is 52.7 cm³/mol. The summed E-state index contributed by atoms with van der Waals surface area (Å²) in [5.74, 6) is 0.634. The second kappa shape index (κ2) is 6.27. The number of thioether (sulfide) groups is 1. The highest BCUT2D eigenvalue weighted by Gasteiger charge is 2.13. The van der Waals surface area contributed by atoms with E-state index in [1.54, 1.807) is 11.8 Å². The van der Waals surface area contributed by atoms with Crippen LogP contribution >= 0.6 is 11.8 Å². The molecular weight excluding hydrogens is 188 g/mol. The van der Waals surface area contributed by atoms with Crippen molar-refractivity contribution in [2.45, 2.75) is 31.6 Å². The fourth-order valence-electron chi connectivity index (χ4n) is 1.21. The van der Waals surface area contributed by atoms with Gasteiger partial charge < -0.3 is 9.47 Å². The molecule has 0 aromatic carbocycles. The molecule has 0 aromatic heterocycles. The smallest absolute Gasteiger partial charge is 0.302 e. The van der Waals surface area contributed by atoms with E-state index in [2.05, 4.69) is 0 Å². The minimum absolute atomic E-state index is 0.204. The molecule has 0 aromatic rings. The monoisotopic (exact) mass is 204 g/mol. The maximum atomic E-state index is 10.4. The summed E-state index contributed by atoms with van der Waals surface area (Å²) in [6.45, 7) is 2.81. The predicted octanol–water partition coefficient (Wildman–Crippen LogP) is 1.81. The molecule has 13 heavy (non-hydrogen) atoms. The lowest BCUT2D eigenvalue weighted by Gasteiger charge is -2.21. The zero-order valence-electron chi connectivity index (χ0n) is 7.95.